The summed E-state index contributed by atoms with van der Waals surface area (Å²) in [6.07, 6.45) is 0.904. The van der Waals surface area contributed by atoms with E-state index in [1.165, 1.54) is 0 Å². The van der Waals surface area contributed by atoms with E-state index in [1.54, 1.807) is 28.6 Å². The molecule has 0 radical (unpaired) electrons. The van der Waals surface area contributed by atoms with Gasteiger partial charge in [-0.1, -0.05) is 37.8 Å². The van der Waals surface area contributed by atoms with E-state index in [2.05, 4.69) is 25.7 Å². The van der Waals surface area contributed by atoms with Crippen LogP contribution in [-0.2, 0) is 10.0 Å². The lowest BCUT2D eigenvalue weighted by Crippen LogP contribution is -2.30. The molecule has 2 rings (SSSR count). The van der Waals surface area contributed by atoms with Crippen LogP contribution in [0.15, 0.2) is 29.2 Å². The molecule has 5 heteroatoms. The topological polar surface area (TPSA) is 57.6 Å². The summed E-state index contributed by atoms with van der Waals surface area (Å²) in [5.41, 5.74) is 0.444. The predicted molar refractivity (Wildman–Crippen MR) is 82.1 cm³/mol. The van der Waals surface area contributed by atoms with Crippen molar-refractivity contribution in [3.63, 3.8) is 0 Å². The Balaban J connectivity index is 2.33. The fourth-order valence-corrected chi connectivity index (χ4v) is 4.24. The van der Waals surface area contributed by atoms with Gasteiger partial charge in [-0.05, 0) is 30.4 Å². The molecule has 1 aliphatic heterocycles. The van der Waals surface area contributed by atoms with Crippen molar-refractivity contribution in [1.82, 2.24) is 4.31 Å². The Hall–Kier alpha value is -1.35. The van der Waals surface area contributed by atoms with Crippen LogP contribution in [0.5, 0.6) is 0 Å². The van der Waals surface area contributed by atoms with Gasteiger partial charge in [-0.15, -0.1) is 0 Å². The van der Waals surface area contributed by atoms with Crippen molar-refractivity contribution in [3.05, 3.63) is 29.8 Å². The van der Waals surface area contributed by atoms with Crippen molar-refractivity contribution in [1.29, 1.82) is 0 Å². The van der Waals surface area contributed by atoms with E-state index in [4.69, 9.17) is 5.11 Å². The predicted octanol–water partition coefficient (Wildman–Crippen LogP) is 1.70. The molecule has 0 saturated carbocycles. The van der Waals surface area contributed by atoms with E-state index in [-0.39, 0.29) is 11.5 Å². The molecule has 1 atom stereocenters. The Labute approximate surface area is 126 Å². The maximum Gasteiger partial charge on any atom is 0.244 e. The second-order valence-electron chi connectivity index (χ2n) is 5.61. The quantitative estimate of drug-likeness (QED) is 0.865. The zero-order valence-corrected chi connectivity index (χ0v) is 13.2. The molecule has 4 nitrogen and oxygen atoms in total. The Bertz CT molecular complexity index is 656. The molecule has 1 heterocycles. The summed E-state index contributed by atoms with van der Waals surface area (Å²) in [6.45, 7) is 5.10. The third-order valence-electron chi connectivity index (χ3n) is 3.94. The Morgan fingerprint density at radius 2 is 2.10 bits per heavy atom. The maximum absolute atomic E-state index is 12.8. The lowest BCUT2D eigenvalue weighted by atomic mass is 9.96. The molecule has 1 aliphatic rings. The van der Waals surface area contributed by atoms with Crippen LogP contribution in [0.1, 0.15) is 25.8 Å². The summed E-state index contributed by atoms with van der Waals surface area (Å²) in [5, 5.41) is 8.80. The van der Waals surface area contributed by atoms with Gasteiger partial charge in [0.05, 0.1) is 4.90 Å². The first-order valence-corrected chi connectivity index (χ1v) is 8.59. The van der Waals surface area contributed by atoms with Crippen molar-refractivity contribution < 1.29 is 13.5 Å². The zero-order chi connectivity index (χ0) is 15.5. The molecule has 114 valence electrons. The molecule has 0 aliphatic carbocycles. The van der Waals surface area contributed by atoms with Crippen LogP contribution in [0.2, 0.25) is 0 Å². The van der Waals surface area contributed by atoms with Crippen molar-refractivity contribution in [2.24, 2.45) is 11.8 Å². The number of nitrogens with zero attached hydrogens (tertiary/aromatic N) is 1. The first kappa shape index (κ1) is 16.0. The molecule has 1 aromatic rings. The highest BCUT2D eigenvalue weighted by atomic mass is 32.2. The van der Waals surface area contributed by atoms with Crippen molar-refractivity contribution in [2.75, 3.05) is 19.7 Å². The van der Waals surface area contributed by atoms with Gasteiger partial charge in [-0.25, -0.2) is 8.42 Å². The first-order chi connectivity index (χ1) is 9.96. The highest BCUT2D eigenvalue weighted by Crippen LogP contribution is 2.29. The number of rotatable bonds is 3. The lowest BCUT2D eigenvalue weighted by molar-refractivity contribution is 0.350. The van der Waals surface area contributed by atoms with Crippen LogP contribution in [0.3, 0.4) is 0 Å². The fourth-order valence-electron chi connectivity index (χ4n) is 2.59. The Morgan fingerprint density at radius 3 is 2.71 bits per heavy atom. The number of benzene rings is 1. The molecule has 1 saturated heterocycles. The number of aliphatic hydroxyl groups is 1. The van der Waals surface area contributed by atoms with E-state index in [1.807, 2.05) is 0 Å². The molecule has 1 unspecified atom stereocenters. The largest absolute Gasteiger partial charge is 0.384 e. The highest BCUT2D eigenvalue weighted by Gasteiger charge is 2.34. The third kappa shape index (κ3) is 3.46. The van der Waals surface area contributed by atoms with Crippen molar-refractivity contribution >= 4 is 10.0 Å². The van der Waals surface area contributed by atoms with Gasteiger partial charge < -0.3 is 5.11 Å². The SMILES string of the molecule is CC(C)C1CCN(S(=O)(=O)c2ccccc2C#CCO)C1. The third-order valence-corrected chi connectivity index (χ3v) is 5.86. The fraction of sp³-hybridized carbons (Fsp3) is 0.500. The Morgan fingerprint density at radius 1 is 1.38 bits per heavy atom. The smallest absolute Gasteiger partial charge is 0.244 e. The number of aliphatic hydroxyl groups excluding tert-OH is 1. The summed E-state index contributed by atoms with van der Waals surface area (Å²) < 4.78 is 27.1. The first-order valence-electron chi connectivity index (χ1n) is 7.15. The minimum Gasteiger partial charge on any atom is -0.384 e. The van der Waals surface area contributed by atoms with Gasteiger partial charge in [-0.3, -0.25) is 0 Å². The minimum absolute atomic E-state index is 0.232. The van der Waals surface area contributed by atoms with Crippen molar-refractivity contribution in [2.45, 2.75) is 25.2 Å². The lowest BCUT2D eigenvalue weighted by Gasteiger charge is -2.18. The Kier molecular flexibility index (Phi) is 5.04. The second-order valence-corrected chi connectivity index (χ2v) is 7.52. The molecule has 1 N–H and O–H groups in total. The van der Waals surface area contributed by atoms with E-state index in [9.17, 15) is 8.42 Å². The van der Waals surface area contributed by atoms with Gasteiger partial charge >= 0.3 is 0 Å². The average Bonchev–Trinajstić information content (AvgIpc) is 2.96. The van der Waals surface area contributed by atoms with Gasteiger partial charge in [0.15, 0.2) is 0 Å². The highest BCUT2D eigenvalue weighted by molar-refractivity contribution is 7.89. The van der Waals surface area contributed by atoms with Gasteiger partial charge in [0.1, 0.15) is 6.61 Å². The number of hydrogen-bond donors (Lipinski definition) is 1. The van der Waals surface area contributed by atoms with Crippen LogP contribution < -0.4 is 0 Å². The summed E-state index contributed by atoms with van der Waals surface area (Å²) in [7, 11) is -3.52. The molecule has 1 aromatic carbocycles. The van der Waals surface area contributed by atoms with E-state index < -0.39 is 10.0 Å². The molecular weight excluding hydrogens is 286 g/mol. The minimum atomic E-state index is -3.52. The van der Waals surface area contributed by atoms with Gasteiger partial charge in [0.2, 0.25) is 10.0 Å². The summed E-state index contributed by atoms with van der Waals surface area (Å²) in [5.74, 6) is 6.13. The number of sulfonamides is 1. The number of hydrogen-bond acceptors (Lipinski definition) is 3. The van der Waals surface area contributed by atoms with Gasteiger partial charge in [0, 0.05) is 18.7 Å². The molecule has 0 aromatic heterocycles. The van der Waals surface area contributed by atoms with Gasteiger partial charge in [0.25, 0.3) is 0 Å². The van der Waals surface area contributed by atoms with Crippen LogP contribution in [0.4, 0.5) is 0 Å². The molecular formula is C16H21NO3S. The molecule has 0 amide bonds. The average molecular weight is 307 g/mol. The molecule has 1 fully saturated rings. The van der Waals surface area contributed by atoms with Crippen LogP contribution in [0, 0.1) is 23.7 Å². The van der Waals surface area contributed by atoms with Crippen LogP contribution in [0.25, 0.3) is 0 Å². The van der Waals surface area contributed by atoms with Gasteiger partial charge in [-0.2, -0.15) is 4.31 Å². The van der Waals surface area contributed by atoms with E-state index in [0.717, 1.165) is 6.42 Å². The summed E-state index contributed by atoms with van der Waals surface area (Å²) in [6, 6.07) is 6.71. The second kappa shape index (κ2) is 6.61. The van der Waals surface area contributed by atoms with Crippen LogP contribution >= 0.6 is 0 Å². The standard InChI is InChI=1S/C16H21NO3S/c1-13(2)15-9-10-17(12-15)21(19,20)16-8-4-3-6-14(16)7-5-11-18/h3-4,6,8,13,15,18H,9-12H2,1-2H3. The molecule has 0 bridgehead atoms. The summed E-state index contributed by atoms with van der Waals surface area (Å²) in [4.78, 5) is 0.232. The summed E-state index contributed by atoms with van der Waals surface area (Å²) >= 11 is 0. The molecule has 21 heavy (non-hydrogen) atoms. The molecule has 0 spiro atoms. The van der Waals surface area contributed by atoms with E-state index in [0.29, 0.717) is 30.5 Å². The van der Waals surface area contributed by atoms with Crippen LogP contribution in [-0.4, -0.2) is 37.5 Å². The normalized spacial score (nSPS) is 19.5. The van der Waals surface area contributed by atoms with Crippen molar-refractivity contribution in [3.8, 4) is 11.8 Å². The monoisotopic (exact) mass is 307 g/mol. The maximum atomic E-state index is 12.8. The zero-order valence-electron chi connectivity index (χ0n) is 12.4. The van der Waals surface area contributed by atoms with E-state index >= 15 is 0 Å².